The summed E-state index contributed by atoms with van der Waals surface area (Å²) in [6.07, 6.45) is 2.61. The second-order valence-corrected chi connectivity index (χ2v) is 6.09. The fourth-order valence-electron chi connectivity index (χ4n) is 3.07. The number of hydrogen-bond acceptors (Lipinski definition) is 5. The molecule has 0 saturated carbocycles. The lowest BCUT2D eigenvalue weighted by Gasteiger charge is -2.21. The van der Waals surface area contributed by atoms with E-state index in [1.54, 1.807) is 0 Å². The monoisotopic (exact) mass is 250 g/mol. The van der Waals surface area contributed by atoms with Gasteiger partial charge in [-0.3, -0.25) is 4.90 Å². The van der Waals surface area contributed by atoms with Crippen molar-refractivity contribution in [3.8, 4) is 0 Å². The van der Waals surface area contributed by atoms with Gasteiger partial charge < -0.3 is 9.84 Å². The van der Waals surface area contributed by atoms with Gasteiger partial charge in [0.1, 0.15) is 0 Å². The maximum Gasteiger partial charge on any atom is 0.229 e. The molecule has 2 saturated heterocycles. The molecule has 1 unspecified atom stereocenters. The standard InChI is InChI=1S/C13H22N4O/c1-10(2)12-15-11(16-18-12)7-17-6-4-13(9-17)3-5-14-8-13/h10,14H,3-9H2,1-2H3. The average molecular weight is 250 g/mol. The molecule has 3 rings (SSSR count). The first-order valence-electron chi connectivity index (χ1n) is 6.92. The van der Waals surface area contributed by atoms with Crippen LogP contribution in [-0.4, -0.2) is 41.2 Å². The van der Waals surface area contributed by atoms with Crippen molar-refractivity contribution in [3.05, 3.63) is 11.7 Å². The highest BCUT2D eigenvalue weighted by Gasteiger charge is 2.40. The molecule has 100 valence electrons. The molecular weight excluding hydrogens is 228 g/mol. The van der Waals surface area contributed by atoms with Crippen LogP contribution in [0, 0.1) is 5.41 Å². The van der Waals surface area contributed by atoms with Crippen molar-refractivity contribution in [2.75, 3.05) is 26.2 Å². The van der Waals surface area contributed by atoms with E-state index in [9.17, 15) is 0 Å². The average Bonchev–Trinajstić information content (AvgIpc) is 3.03. The van der Waals surface area contributed by atoms with E-state index in [-0.39, 0.29) is 0 Å². The highest BCUT2D eigenvalue weighted by atomic mass is 16.5. The Labute approximate surface area is 108 Å². The van der Waals surface area contributed by atoms with Gasteiger partial charge in [0.05, 0.1) is 6.54 Å². The fourth-order valence-corrected chi connectivity index (χ4v) is 3.07. The third-order valence-electron chi connectivity index (χ3n) is 4.19. The van der Waals surface area contributed by atoms with Crippen molar-refractivity contribution in [3.63, 3.8) is 0 Å². The van der Waals surface area contributed by atoms with E-state index in [0.29, 0.717) is 11.3 Å². The molecule has 0 radical (unpaired) electrons. The maximum atomic E-state index is 5.25. The lowest BCUT2D eigenvalue weighted by Crippen LogP contribution is -2.29. The summed E-state index contributed by atoms with van der Waals surface area (Å²) in [5.41, 5.74) is 0.518. The molecule has 0 amide bonds. The van der Waals surface area contributed by atoms with E-state index in [1.807, 2.05) is 0 Å². The third kappa shape index (κ3) is 2.29. The molecule has 1 atom stereocenters. The molecule has 5 nitrogen and oxygen atoms in total. The SMILES string of the molecule is CC(C)c1nc(CN2CCC3(CCNC3)C2)no1. The minimum absolute atomic E-state index is 0.315. The van der Waals surface area contributed by atoms with Crippen molar-refractivity contribution in [2.24, 2.45) is 5.41 Å². The largest absolute Gasteiger partial charge is 0.339 e. The molecule has 5 heteroatoms. The van der Waals surface area contributed by atoms with Crippen LogP contribution in [0.2, 0.25) is 0 Å². The summed E-state index contributed by atoms with van der Waals surface area (Å²) < 4.78 is 5.25. The number of hydrogen-bond donors (Lipinski definition) is 1. The maximum absolute atomic E-state index is 5.25. The summed E-state index contributed by atoms with van der Waals surface area (Å²) in [4.78, 5) is 6.91. The Balaban J connectivity index is 1.60. The Kier molecular flexibility index (Phi) is 3.11. The molecule has 1 aromatic heterocycles. The highest BCUT2D eigenvalue weighted by Crippen LogP contribution is 2.36. The summed E-state index contributed by atoms with van der Waals surface area (Å²) in [5, 5.41) is 7.55. The van der Waals surface area contributed by atoms with Gasteiger partial charge in [-0.15, -0.1) is 0 Å². The zero-order chi connectivity index (χ0) is 12.6. The Morgan fingerprint density at radius 1 is 1.44 bits per heavy atom. The van der Waals surface area contributed by atoms with Crippen LogP contribution in [-0.2, 0) is 6.54 Å². The van der Waals surface area contributed by atoms with Gasteiger partial charge in [0, 0.05) is 19.0 Å². The van der Waals surface area contributed by atoms with Gasteiger partial charge >= 0.3 is 0 Å². The summed E-state index contributed by atoms with van der Waals surface area (Å²) in [6, 6.07) is 0. The second kappa shape index (κ2) is 4.63. The zero-order valence-electron chi connectivity index (χ0n) is 11.3. The van der Waals surface area contributed by atoms with Gasteiger partial charge in [0.2, 0.25) is 5.89 Å². The smallest absolute Gasteiger partial charge is 0.229 e. The number of nitrogens with zero attached hydrogens (tertiary/aromatic N) is 3. The first kappa shape index (κ1) is 12.1. The lowest BCUT2D eigenvalue weighted by atomic mass is 9.87. The van der Waals surface area contributed by atoms with Crippen LogP contribution in [0.15, 0.2) is 4.52 Å². The predicted molar refractivity (Wildman–Crippen MR) is 68.2 cm³/mol. The molecule has 0 aliphatic carbocycles. The van der Waals surface area contributed by atoms with Crippen LogP contribution in [0.25, 0.3) is 0 Å². The Morgan fingerprint density at radius 2 is 2.33 bits per heavy atom. The summed E-state index contributed by atoms with van der Waals surface area (Å²) in [6.45, 7) is 9.66. The van der Waals surface area contributed by atoms with Gasteiger partial charge in [-0.05, 0) is 31.3 Å². The molecular formula is C13H22N4O. The van der Waals surface area contributed by atoms with Crippen molar-refractivity contribution in [1.29, 1.82) is 0 Å². The molecule has 2 aliphatic heterocycles. The minimum atomic E-state index is 0.315. The van der Waals surface area contributed by atoms with Crippen molar-refractivity contribution >= 4 is 0 Å². The van der Waals surface area contributed by atoms with E-state index < -0.39 is 0 Å². The lowest BCUT2D eigenvalue weighted by molar-refractivity contribution is 0.259. The topological polar surface area (TPSA) is 54.2 Å². The fraction of sp³-hybridized carbons (Fsp3) is 0.846. The molecule has 1 spiro atoms. The van der Waals surface area contributed by atoms with Crippen LogP contribution in [0.5, 0.6) is 0 Å². The Bertz CT molecular complexity index is 409. The molecule has 0 bridgehead atoms. The minimum Gasteiger partial charge on any atom is -0.339 e. The molecule has 2 fully saturated rings. The molecule has 1 N–H and O–H groups in total. The van der Waals surface area contributed by atoms with Crippen molar-refractivity contribution < 1.29 is 4.52 Å². The molecule has 3 heterocycles. The van der Waals surface area contributed by atoms with E-state index >= 15 is 0 Å². The first-order chi connectivity index (χ1) is 8.67. The van der Waals surface area contributed by atoms with Crippen molar-refractivity contribution in [1.82, 2.24) is 20.4 Å². The number of rotatable bonds is 3. The molecule has 0 aromatic carbocycles. The summed E-state index contributed by atoms with van der Waals surface area (Å²) >= 11 is 0. The van der Waals surface area contributed by atoms with Gasteiger partial charge in [-0.1, -0.05) is 19.0 Å². The van der Waals surface area contributed by atoms with E-state index in [2.05, 4.69) is 34.2 Å². The zero-order valence-corrected chi connectivity index (χ0v) is 11.3. The van der Waals surface area contributed by atoms with Crippen LogP contribution >= 0.6 is 0 Å². The highest BCUT2D eigenvalue weighted by molar-refractivity contribution is 4.98. The molecule has 18 heavy (non-hydrogen) atoms. The van der Waals surface area contributed by atoms with Gasteiger partial charge in [-0.25, -0.2) is 0 Å². The quantitative estimate of drug-likeness (QED) is 0.878. The first-order valence-corrected chi connectivity index (χ1v) is 6.92. The van der Waals surface area contributed by atoms with Crippen LogP contribution < -0.4 is 5.32 Å². The van der Waals surface area contributed by atoms with Gasteiger partial charge in [0.15, 0.2) is 5.82 Å². The summed E-state index contributed by atoms with van der Waals surface area (Å²) in [7, 11) is 0. The molecule has 1 aromatic rings. The van der Waals surface area contributed by atoms with Crippen LogP contribution in [0.3, 0.4) is 0 Å². The van der Waals surface area contributed by atoms with E-state index in [0.717, 1.165) is 24.8 Å². The Hall–Kier alpha value is -0.940. The van der Waals surface area contributed by atoms with Crippen molar-refractivity contribution in [2.45, 2.75) is 39.2 Å². The number of aromatic nitrogens is 2. The van der Waals surface area contributed by atoms with E-state index in [1.165, 1.54) is 32.5 Å². The van der Waals surface area contributed by atoms with Gasteiger partial charge in [-0.2, -0.15) is 4.98 Å². The normalized spacial score (nSPS) is 28.8. The number of nitrogens with one attached hydrogen (secondary N) is 1. The Morgan fingerprint density at radius 3 is 3.00 bits per heavy atom. The molecule has 2 aliphatic rings. The second-order valence-electron chi connectivity index (χ2n) is 6.09. The van der Waals surface area contributed by atoms with Crippen LogP contribution in [0.4, 0.5) is 0 Å². The predicted octanol–water partition coefficient (Wildman–Crippen LogP) is 1.38. The number of likely N-dealkylation sites (tertiary alicyclic amines) is 1. The van der Waals surface area contributed by atoms with Gasteiger partial charge in [0.25, 0.3) is 0 Å². The van der Waals surface area contributed by atoms with Crippen LogP contribution in [0.1, 0.15) is 44.3 Å². The third-order valence-corrected chi connectivity index (χ3v) is 4.19. The van der Waals surface area contributed by atoms with E-state index in [4.69, 9.17) is 4.52 Å². The summed E-state index contributed by atoms with van der Waals surface area (Å²) in [5.74, 6) is 1.90.